The number of nitrogens with two attached hydrogens (primary N) is 1. The van der Waals surface area contributed by atoms with E-state index < -0.39 is 18.2 Å². The van der Waals surface area contributed by atoms with Gasteiger partial charge in [0, 0.05) is 24.5 Å². The van der Waals surface area contributed by atoms with Crippen LogP contribution in [0.15, 0.2) is 30.3 Å². The van der Waals surface area contributed by atoms with Crippen LogP contribution < -0.4 is 5.73 Å². The molecule has 1 saturated heterocycles. The van der Waals surface area contributed by atoms with Crippen molar-refractivity contribution in [2.45, 2.75) is 26.0 Å². The van der Waals surface area contributed by atoms with E-state index in [-0.39, 0.29) is 12.6 Å². The van der Waals surface area contributed by atoms with Crippen LogP contribution in [0.3, 0.4) is 0 Å². The van der Waals surface area contributed by atoms with Crippen molar-refractivity contribution in [2.24, 2.45) is 11.1 Å². The Kier molecular flexibility index (Phi) is 4.60. The van der Waals surface area contributed by atoms with Crippen molar-refractivity contribution in [3.8, 4) is 0 Å². The Hall–Kier alpha value is -1.62. The lowest BCUT2D eigenvalue weighted by Gasteiger charge is -2.42. The number of halogens is 1. The minimum Gasteiger partial charge on any atom is -0.445 e. The largest absolute Gasteiger partial charge is 0.445 e. The van der Waals surface area contributed by atoms with E-state index in [4.69, 9.17) is 10.5 Å². The van der Waals surface area contributed by atoms with Crippen molar-refractivity contribution in [1.82, 2.24) is 4.90 Å². The van der Waals surface area contributed by atoms with Crippen molar-refractivity contribution >= 4 is 6.09 Å². The molecule has 0 radical (unpaired) electrons. The Morgan fingerprint density at radius 2 is 2.20 bits per heavy atom. The van der Waals surface area contributed by atoms with Crippen LogP contribution in [0.25, 0.3) is 0 Å². The molecule has 5 heteroatoms. The molecule has 20 heavy (non-hydrogen) atoms. The quantitative estimate of drug-likeness (QED) is 0.924. The van der Waals surface area contributed by atoms with Gasteiger partial charge in [-0.1, -0.05) is 37.3 Å². The van der Waals surface area contributed by atoms with Crippen LogP contribution in [0.2, 0.25) is 0 Å². The SMILES string of the molecule is CC1(CF)CN(C(=O)OCc2ccccc2)CCC1N. The molecule has 1 aliphatic heterocycles. The summed E-state index contributed by atoms with van der Waals surface area (Å²) >= 11 is 0. The fourth-order valence-corrected chi connectivity index (χ4v) is 2.38. The molecule has 0 saturated carbocycles. The van der Waals surface area contributed by atoms with Gasteiger partial charge in [0.05, 0.1) is 6.67 Å². The van der Waals surface area contributed by atoms with Crippen LogP contribution in [0, 0.1) is 5.41 Å². The fourth-order valence-electron chi connectivity index (χ4n) is 2.38. The zero-order valence-corrected chi connectivity index (χ0v) is 11.7. The molecule has 1 fully saturated rings. The van der Waals surface area contributed by atoms with E-state index in [2.05, 4.69) is 0 Å². The Balaban J connectivity index is 1.90. The van der Waals surface area contributed by atoms with Gasteiger partial charge < -0.3 is 15.4 Å². The molecule has 2 N–H and O–H groups in total. The van der Waals surface area contributed by atoms with E-state index in [0.717, 1.165) is 5.56 Å². The number of nitrogens with zero attached hydrogens (tertiary/aromatic N) is 1. The van der Waals surface area contributed by atoms with Gasteiger partial charge >= 0.3 is 6.09 Å². The minimum absolute atomic E-state index is 0.217. The van der Waals surface area contributed by atoms with E-state index in [1.54, 1.807) is 11.8 Å². The Labute approximate surface area is 118 Å². The maximum Gasteiger partial charge on any atom is 0.410 e. The van der Waals surface area contributed by atoms with E-state index in [9.17, 15) is 9.18 Å². The summed E-state index contributed by atoms with van der Waals surface area (Å²) in [6.07, 6.45) is 0.196. The van der Waals surface area contributed by atoms with Crippen molar-refractivity contribution in [3.63, 3.8) is 0 Å². The minimum atomic E-state index is -0.677. The Morgan fingerprint density at radius 3 is 2.85 bits per heavy atom. The molecule has 2 atom stereocenters. The molecule has 0 bridgehead atoms. The number of likely N-dealkylation sites (tertiary alicyclic amines) is 1. The van der Waals surface area contributed by atoms with E-state index in [1.807, 2.05) is 30.3 Å². The lowest BCUT2D eigenvalue weighted by Crippen LogP contribution is -2.56. The summed E-state index contributed by atoms with van der Waals surface area (Å²) in [5.41, 5.74) is 6.19. The number of carbonyl (C=O) groups excluding carboxylic acids is 1. The normalized spacial score (nSPS) is 26.4. The first-order chi connectivity index (χ1) is 9.55. The molecule has 1 aromatic carbocycles. The third kappa shape index (κ3) is 3.28. The summed E-state index contributed by atoms with van der Waals surface area (Å²) < 4.78 is 18.4. The number of ether oxygens (including phenoxy) is 1. The van der Waals surface area contributed by atoms with Crippen LogP contribution in [-0.2, 0) is 11.3 Å². The zero-order valence-electron chi connectivity index (χ0n) is 11.7. The molecule has 1 amide bonds. The van der Waals surface area contributed by atoms with Gasteiger partial charge in [0.2, 0.25) is 0 Å². The van der Waals surface area contributed by atoms with Gasteiger partial charge in [-0.3, -0.25) is 4.39 Å². The second-order valence-corrected chi connectivity index (χ2v) is 5.64. The molecular weight excluding hydrogens is 259 g/mol. The molecule has 0 aromatic heterocycles. The van der Waals surface area contributed by atoms with Crippen molar-refractivity contribution in [1.29, 1.82) is 0 Å². The highest BCUT2D eigenvalue weighted by molar-refractivity contribution is 5.67. The molecule has 1 aliphatic rings. The van der Waals surface area contributed by atoms with Crippen LogP contribution in [0.1, 0.15) is 18.9 Å². The van der Waals surface area contributed by atoms with Gasteiger partial charge in [-0.25, -0.2) is 4.79 Å². The topological polar surface area (TPSA) is 55.6 Å². The molecule has 110 valence electrons. The number of rotatable bonds is 3. The molecule has 1 aromatic rings. The number of amides is 1. The van der Waals surface area contributed by atoms with Gasteiger partial charge in [0.1, 0.15) is 6.61 Å². The first-order valence-corrected chi connectivity index (χ1v) is 6.82. The predicted molar refractivity (Wildman–Crippen MR) is 74.9 cm³/mol. The molecular formula is C15H21FN2O2. The number of piperidine rings is 1. The van der Waals surface area contributed by atoms with E-state index in [1.165, 1.54) is 0 Å². The van der Waals surface area contributed by atoms with Gasteiger partial charge in [-0.15, -0.1) is 0 Å². The molecule has 2 unspecified atom stereocenters. The lowest BCUT2D eigenvalue weighted by atomic mass is 9.79. The molecule has 4 nitrogen and oxygen atoms in total. The summed E-state index contributed by atoms with van der Waals surface area (Å²) in [7, 11) is 0. The zero-order chi connectivity index (χ0) is 14.6. The molecule has 2 rings (SSSR count). The van der Waals surface area contributed by atoms with Gasteiger partial charge in [0.25, 0.3) is 0 Å². The monoisotopic (exact) mass is 280 g/mol. The standard InChI is InChI=1S/C15H21FN2O2/c1-15(10-16)11-18(8-7-13(15)17)14(19)20-9-12-5-3-2-4-6-12/h2-6,13H,7-11,17H2,1H3. The molecule has 0 spiro atoms. The number of benzene rings is 1. The maximum atomic E-state index is 13.1. The number of alkyl halides is 1. The third-order valence-electron chi connectivity index (χ3n) is 3.93. The Morgan fingerprint density at radius 1 is 1.50 bits per heavy atom. The lowest BCUT2D eigenvalue weighted by molar-refractivity contribution is 0.0371. The van der Waals surface area contributed by atoms with Gasteiger partial charge in [-0.05, 0) is 12.0 Å². The van der Waals surface area contributed by atoms with Gasteiger partial charge in [0.15, 0.2) is 0 Å². The van der Waals surface area contributed by atoms with Crippen molar-refractivity contribution in [3.05, 3.63) is 35.9 Å². The number of hydrogen-bond donors (Lipinski definition) is 1. The summed E-state index contributed by atoms with van der Waals surface area (Å²) in [5.74, 6) is 0. The summed E-state index contributed by atoms with van der Waals surface area (Å²) in [6.45, 7) is 2.29. The highest BCUT2D eigenvalue weighted by atomic mass is 19.1. The van der Waals surface area contributed by atoms with Crippen LogP contribution in [0.4, 0.5) is 9.18 Å². The van der Waals surface area contributed by atoms with Crippen LogP contribution >= 0.6 is 0 Å². The average molecular weight is 280 g/mol. The summed E-state index contributed by atoms with van der Waals surface area (Å²) in [6, 6.07) is 9.26. The van der Waals surface area contributed by atoms with Crippen molar-refractivity contribution < 1.29 is 13.9 Å². The fraction of sp³-hybridized carbons (Fsp3) is 0.533. The van der Waals surface area contributed by atoms with Crippen LogP contribution in [0.5, 0.6) is 0 Å². The molecule has 0 aliphatic carbocycles. The first kappa shape index (κ1) is 14.8. The van der Waals surface area contributed by atoms with Gasteiger partial charge in [-0.2, -0.15) is 0 Å². The maximum absolute atomic E-state index is 13.1. The second kappa shape index (κ2) is 6.22. The predicted octanol–water partition coefficient (Wildman–Crippen LogP) is 2.33. The smallest absolute Gasteiger partial charge is 0.410 e. The summed E-state index contributed by atoms with van der Waals surface area (Å²) in [5, 5.41) is 0. The Bertz CT molecular complexity index is 454. The molecule has 1 heterocycles. The highest BCUT2D eigenvalue weighted by Crippen LogP contribution is 2.29. The second-order valence-electron chi connectivity index (χ2n) is 5.64. The third-order valence-corrected chi connectivity index (χ3v) is 3.93. The van der Waals surface area contributed by atoms with E-state index >= 15 is 0 Å². The highest BCUT2D eigenvalue weighted by Gasteiger charge is 2.39. The number of hydrogen-bond acceptors (Lipinski definition) is 3. The first-order valence-electron chi connectivity index (χ1n) is 6.82. The van der Waals surface area contributed by atoms with Crippen LogP contribution in [-0.4, -0.2) is 36.8 Å². The summed E-state index contributed by atoms with van der Waals surface area (Å²) in [4.78, 5) is 13.6. The average Bonchev–Trinajstić information content (AvgIpc) is 2.48. The number of carbonyl (C=O) groups is 1. The van der Waals surface area contributed by atoms with Crippen molar-refractivity contribution in [2.75, 3.05) is 19.8 Å². The van der Waals surface area contributed by atoms with E-state index in [0.29, 0.717) is 19.5 Å².